The zero-order chi connectivity index (χ0) is 22.0. The van der Waals surface area contributed by atoms with Crippen molar-refractivity contribution in [3.63, 3.8) is 0 Å². The molecule has 0 aliphatic carbocycles. The Labute approximate surface area is 181 Å². The lowest BCUT2D eigenvalue weighted by atomic mass is 9.98. The monoisotopic (exact) mass is 439 g/mol. The largest absolute Gasteiger partial charge is 0.326 e. The molecule has 7 nitrogen and oxygen atoms in total. The first kappa shape index (κ1) is 21.3. The van der Waals surface area contributed by atoms with Crippen molar-refractivity contribution in [3.8, 4) is 0 Å². The standard InChI is InChI=1S/C23H25N3O4S/c1-2-16-5-8-19(9-6-16)24-23(28)18-4-3-13-26(15-18)31(29,30)20-10-11-21-17(14-20)7-12-22(27)25-21/h5-12,14,18H,2-4,13,15H2,1H3,(H,24,28)(H,25,27)/t18-/m1/s1. The molecule has 0 unspecified atom stereocenters. The first-order chi connectivity index (χ1) is 14.9. The highest BCUT2D eigenvalue weighted by Crippen LogP contribution is 2.26. The van der Waals surface area contributed by atoms with E-state index in [2.05, 4.69) is 17.2 Å². The number of aryl methyl sites for hydroxylation is 1. The van der Waals surface area contributed by atoms with Gasteiger partial charge in [-0.3, -0.25) is 9.59 Å². The summed E-state index contributed by atoms with van der Waals surface area (Å²) in [6, 6.07) is 15.3. The molecule has 0 saturated carbocycles. The van der Waals surface area contributed by atoms with E-state index < -0.39 is 15.9 Å². The summed E-state index contributed by atoms with van der Waals surface area (Å²) in [6.07, 6.45) is 2.19. The third kappa shape index (κ3) is 4.55. The van der Waals surface area contributed by atoms with Gasteiger partial charge in [0.05, 0.1) is 10.8 Å². The second-order valence-corrected chi connectivity index (χ2v) is 9.75. The number of nitrogens with one attached hydrogen (secondary N) is 2. The minimum absolute atomic E-state index is 0.144. The van der Waals surface area contributed by atoms with Crippen LogP contribution in [0.4, 0.5) is 5.69 Å². The van der Waals surface area contributed by atoms with Crippen molar-refractivity contribution < 1.29 is 13.2 Å². The number of aromatic nitrogens is 1. The molecule has 2 aromatic carbocycles. The molecule has 3 aromatic rings. The van der Waals surface area contributed by atoms with E-state index in [1.54, 1.807) is 18.2 Å². The third-order valence-corrected chi connectivity index (χ3v) is 7.58. The number of nitrogens with zero attached hydrogens (tertiary/aromatic N) is 1. The second-order valence-electron chi connectivity index (χ2n) is 7.81. The number of benzene rings is 2. The van der Waals surface area contributed by atoms with Gasteiger partial charge < -0.3 is 10.3 Å². The molecule has 8 heteroatoms. The number of sulfonamides is 1. The van der Waals surface area contributed by atoms with Crippen LogP contribution < -0.4 is 10.9 Å². The average Bonchev–Trinajstić information content (AvgIpc) is 2.79. The molecule has 1 aromatic heterocycles. The van der Waals surface area contributed by atoms with Crippen LogP contribution in [0.3, 0.4) is 0 Å². The van der Waals surface area contributed by atoms with Gasteiger partial charge in [-0.1, -0.05) is 19.1 Å². The SMILES string of the molecule is CCc1ccc(NC(=O)[C@@H]2CCCN(S(=O)(=O)c3ccc4[nH]c(=O)ccc4c3)C2)cc1. The summed E-state index contributed by atoms with van der Waals surface area (Å²) in [5.41, 5.74) is 2.24. The van der Waals surface area contributed by atoms with Crippen LogP contribution in [-0.2, 0) is 21.2 Å². The highest BCUT2D eigenvalue weighted by atomic mass is 32.2. The number of piperidine rings is 1. The van der Waals surface area contributed by atoms with Crippen molar-refractivity contribution in [1.29, 1.82) is 0 Å². The minimum atomic E-state index is -3.75. The van der Waals surface area contributed by atoms with Gasteiger partial charge in [-0.25, -0.2) is 8.42 Å². The van der Waals surface area contributed by atoms with Gasteiger partial charge in [0.25, 0.3) is 0 Å². The van der Waals surface area contributed by atoms with Crippen LogP contribution in [-0.4, -0.2) is 36.7 Å². The molecule has 1 fully saturated rings. The van der Waals surface area contributed by atoms with Crippen molar-refractivity contribution in [2.24, 2.45) is 5.92 Å². The summed E-state index contributed by atoms with van der Waals surface area (Å²) < 4.78 is 27.8. The van der Waals surface area contributed by atoms with Gasteiger partial charge in [0, 0.05) is 30.4 Å². The van der Waals surface area contributed by atoms with Crippen LogP contribution >= 0.6 is 0 Å². The number of amides is 1. The van der Waals surface area contributed by atoms with Gasteiger partial charge in [0.15, 0.2) is 0 Å². The number of carbonyl (C=O) groups is 1. The van der Waals surface area contributed by atoms with Crippen LogP contribution in [0.5, 0.6) is 0 Å². The molecule has 1 aliphatic heterocycles. The van der Waals surface area contributed by atoms with Crippen molar-refractivity contribution in [3.05, 3.63) is 70.5 Å². The molecule has 2 N–H and O–H groups in total. The second kappa shape index (κ2) is 8.64. The highest BCUT2D eigenvalue weighted by molar-refractivity contribution is 7.89. The summed E-state index contributed by atoms with van der Waals surface area (Å²) in [4.78, 5) is 27.1. The molecule has 0 spiro atoms. The van der Waals surface area contributed by atoms with Crippen molar-refractivity contribution >= 4 is 32.5 Å². The number of rotatable bonds is 5. The zero-order valence-corrected chi connectivity index (χ0v) is 18.1. The van der Waals surface area contributed by atoms with E-state index in [1.165, 1.54) is 22.0 Å². The van der Waals surface area contributed by atoms with Gasteiger partial charge in [0.1, 0.15) is 0 Å². The van der Waals surface area contributed by atoms with E-state index in [1.807, 2.05) is 24.3 Å². The van der Waals surface area contributed by atoms with Gasteiger partial charge in [-0.15, -0.1) is 0 Å². The summed E-state index contributed by atoms with van der Waals surface area (Å²) in [7, 11) is -3.75. The number of anilines is 1. The quantitative estimate of drug-likeness (QED) is 0.638. The molecule has 2 heterocycles. The third-order valence-electron chi connectivity index (χ3n) is 5.72. The first-order valence-electron chi connectivity index (χ1n) is 10.4. The Morgan fingerprint density at radius 1 is 1.13 bits per heavy atom. The number of pyridine rings is 1. The lowest BCUT2D eigenvalue weighted by Crippen LogP contribution is -2.43. The van der Waals surface area contributed by atoms with E-state index in [0.29, 0.717) is 36.0 Å². The van der Waals surface area contributed by atoms with Gasteiger partial charge >= 0.3 is 0 Å². The van der Waals surface area contributed by atoms with Crippen LogP contribution in [0.2, 0.25) is 0 Å². The van der Waals surface area contributed by atoms with Gasteiger partial charge in [-0.2, -0.15) is 4.31 Å². The Morgan fingerprint density at radius 2 is 1.90 bits per heavy atom. The van der Waals surface area contributed by atoms with Crippen molar-refractivity contribution in [2.45, 2.75) is 31.1 Å². The Bertz CT molecular complexity index is 1270. The minimum Gasteiger partial charge on any atom is -0.326 e. The Hall–Kier alpha value is -2.97. The number of hydrogen-bond acceptors (Lipinski definition) is 4. The summed E-state index contributed by atoms with van der Waals surface area (Å²) in [5, 5.41) is 3.55. The van der Waals surface area contributed by atoms with E-state index in [9.17, 15) is 18.0 Å². The summed E-state index contributed by atoms with van der Waals surface area (Å²) in [6.45, 7) is 2.59. The average molecular weight is 440 g/mol. The highest BCUT2D eigenvalue weighted by Gasteiger charge is 2.33. The predicted molar refractivity (Wildman–Crippen MR) is 121 cm³/mol. The number of fused-ring (bicyclic) bond motifs is 1. The molecule has 1 amide bonds. The van der Waals surface area contributed by atoms with E-state index in [4.69, 9.17) is 0 Å². The van der Waals surface area contributed by atoms with Crippen LogP contribution in [0.1, 0.15) is 25.3 Å². The maximum atomic E-state index is 13.2. The molecule has 0 bridgehead atoms. The predicted octanol–water partition coefficient (Wildman–Crippen LogP) is 3.13. The normalized spacial score (nSPS) is 17.5. The number of aromatic amines is 1. The maximum Gasteiger partial charge on any atom is 0.248 e. The molecule has 1 saturated heterocycles. The molecule has 4 rings (SSSR count). The fraction of sp³-hybridized carbons (Fsp3) is 0.304. The van der Waals surface area contributed by atoms with Crippen molar-refractivity contribution in [2.75, 3.05) is 18.4 Å². The van der Waals surface area contributed by atoms with E-state index in [0.717, 1.165) is 6.42 Å². The lowest BCUT2D eigenvalue weighted by molar-refractivity contribution is -0.120. The Morgan fingerprint density at radius 3 is 2.65 bits per heavy atom. The molecular formula is C23H25N3O4S. The molecule has 31 heavy (non-hydrogen) atoms. The van der Waals surface area contributed by atoms with Crippen molar-refractivity contribution in [1.82, 2.24) is 9.29 Å². The number of carbonyl (C=O) groups excluding carboxylic acids is 1. The fourth-order valence-corrected chi connectivity index (χ4v) is 5.44. The zero-order valence-electron chi connectivity index (χ0n) is 17.3. The number of hydrogen-bond donors (Lipinski definition) is 2. The molecule has 1 aliphatic rings. The van der Waals surface area contributed by atoms with Gasteiger partial charge in [0.2, 0.25) is 21.5 Å². The summed E-state index contributed by atoms with van der Waals surface area (Å²) in [5.74, 6) is -0.577. The van der Waals surface area contributed by atoms with E-state index in [-0.39, 0.29) is 22.9 Å². The first-order valence-corrected chi connectivity index (χ1v) is 11.8. The lowest BCUT2D eigenvalue weighted by Gasteiger charge is -2.31. The van der Waals surface area contributed by atoms with Crippen LogP contribution in [0.15, 0.2) is 64.3 Å². The Kier molecular flexibility index (Phi) is 5.93. The Balaban J connectivity index is 1.50. The summed E-state index contributed by atoms with van der Waals surface area (Å²) >= 11 is 0. The van der Waals surface area contributed by atoms with Crippen LogP contribution in [0, 0.1) is 5.92 Å². The van der Waals surface area contributed by atoms with Crippen LogP contribution in [0.25, 0.3) is 10.9 Å². The molecule has 1 atom stereocenters. The molecule has 0 radical (unpaired) electrons. The number of H-pyrrole nitrogens is 1. The maximum absolute atomic E-state index is 13.2. The molecular weight excluding hydrogens is 414 g/mol. The molecule has 162 valence electrons. The van der Waals surface area contributed by atoms with E-state index >= 15 is 0 Å². The topological polar surface area (TPSA) is 99.3 Å². The van der Waals surface area contributed by atoms with Gasteiger partial charge in [-0.05, 0) is 66.6 Å². The fourth-order valence-electron chi connectivity index (χ4n) is 3.88. The smallest absolute Gasteiger partial charge is 0.248 e.